The Morgan fingerprint density at radius 3 is 2.95 bits per heavy atom. The van der Waals surface area contributed by atoms with Crippen LogP contribution >= 0.6 is 0 Å². The van der Waals surface area contributed by atoms with Gasteiger partial charge >= 0.3 is 0 Å². The lowest BCUT2D eigenvalue weighted by Crippen LogP contribution is -2.35. The third-order valence-corrected chi connectivity index (χ3v) is 3.50. The van der Waals surface area contributed by atoms with E-state index in [9.17, 15) is 9.59 Å². The van der Waals surface area contributed by atoms with E-state index in [1.807, 2.05) is 0 Å². The van der Waals surface area contributed by atoms with Crippen molar-refractivity contribution in [2.24, 2.45) is 11.8 Å². The number of amides is 2. The average Bonchev–Trinajstić information content (AvgIpc) is 2.99. The number of aromatic amines is 1. The number of carbonyl (C=O) groups is 2. The molecule has 0 radical (unpaired) electrons. The zero-order chi connectivity index (χ0) is 14.7. The summed E-state index contributed by atoms with van der Waals surface area (Å²) in [6.45, 7) is 5.95. The van der Waals surface area contributed by atoms with Crippen LogP contribution in [0.15, 0.2) is 12.4 Å². The number of H-pyrrole nitrogens is 1. The Labute approximate surface area is 119 Å². The van der Waals surface area contributed by atoms with Crippen LogP contribution in [0, 0.1) is 11.8 Å². The maximum atomic E-state index is 12.4. The number of aromatic nitrogens is 2. The SMILES string of the molecule is CC(C)CN1CC(C(=O)N(C)Cc2cn[nH]c2)CC1=O. The lowest BCUT2D eigenvalue weighted by atomic mass is 10.1. The number of nitrogens with zero attached hydrogens (tertiary/aromatic N) is 3. The molecule has 0 spiro atoms. The molecule has 1 aliphatic heterocycles. The van der Waals surface area contributed by atoms with Crippen LogP contribution in [0.1, 0.15) is 25.8 Å². The van der Waals surface area contributed by atoms with Gasteiger partial charge in [0.2, 0.25) is 11.8 Å². The predicted molar refractivity (Wildman–Crippen MR) is 74.6 cm³/mol. The van der Waals surface area contributed by atoms with Gasteiger partial charge in [-0.25, -0.2) is 0 Å². The Hall–Kier alpha value is -1.85. The predicted octanol–water partition coefficient (Wildman–Crippen LogP) is 0.873. The van der Waals surface area contributed by atoms with Crippen LogP contribution in [0.4, 0.5) is 0 Å². The highest BCUT2D eigenvalue weighted by molar-refractivity contribution is 5.89. The number of carbonyl (C=O) groups excluding carboxylic acids is 2. The summed E-state index contributed by atoms with van der Waals surface area (Å²) in [5, 5.41) is 6.59. The van der Waals surface area contributed by atoms with E-state index < -0.39 is 0 Å². The summed E-state index contributed by atoms with van der Waals surface area (Å²) < 4.78 is 0. The molecule has 1 N–H and O–H groups in total. The van der Waals surface area contributed by atoms with E-state index in [1.165, 1.54) is 0 Å². The Morgan fingerprint density at radius 1 is 1.60 bits per heavy atom. The molecule has 6 heteroatoms. The fourth-order valence-electron chi connectivity index (χ4n) is 2.58. The maximum absolute atomic E-state index is 12.4. The van der Waals surface area contributed by atoms with Crippen LogP contribution in [0.3, 0.4) is 0 Å². The fourth-order valence-corrected chi connectivity index (χ4v) is 2.58. The second-order valence-electron chi connectivity index (χ2n) is 5.89. The third kappa shape index (κ3) is 3.37. The zero-order valence-corrected chi connectivity index (χ0v) is 12.3. The van der Waals surface area contributed by atoms with Gasteiger partial charge in [0, 0.05) is 44.9 Å². The largest absolute Gasteiger partial charge is 0.342 e. The highest BCUT2D eigenvalue weighted by Gasteiger charge is 2.35. The number of rotatable bonds is 5. The minimum atomic E-state index is -0.210. The lowest BCUT2D eigenvalue weighted by Gasteiger charge is -2.21. The van der Waals surface area contributed by atoms with Gasteiger partial charge in [0.25, 0.3) is 0 Å². The van der Waals surface area contributed by atoms with Crippen molar-refractivity contribution in [3.8, 4) is 0 Å². The first-order valence-electron chi connectivity index (χ1n) is 6.97. The van der Waals surface area contributed by atoms with Crippen LogP contribution in [-0.2, 0) is 16.1 Å². The third-order valence-electron chi connectivity index (χ3n) is 3.50. The molecule has 1 aromatic rings. The topological polar surface area (TPSA) is 69.3 Å². The van der Waals surface area contributed by atoms with Crippen molar-refractivity contribution in [2.45, 2.75) is 26.8 Å². The minimum Gasteiger partial charge on any atom is -0.342 e. The van der Waals surface area contributed by atoms with Crippen molar-refractivity contribution in [2.75, 3.05) is 20.1 Å². The summed E-state index contributed by atoms with van der Waals surface area (Å²) in [4.78, 5) is 27.7. The van der Waals surface area contributed by atoms with Gasteiger partial charge in [-0.2, -0.15) is 5.10 Å². The normalized spacial score (nSPS) is 18.9. The highest BCUT2D eigenvalue weighted by atomic mass is 16.2. The molecule has 0 bridgehead atoms. The van der Waals surface area contributed by atoms with Crippen LogP contribution in [0.25, 0.3) is 0 Å². The van der Waals surface area contributed by atoms with Gasteiger partial charge in [-0.05, 0) is 5.92 Å². The standard InChI is InChI=1S/C14H22N4O2/c1-10(2)7-18-9-12(4-13(18)19)14(20)17(3)8-11-5-15-16-6-11/h5-6,10,12H,4,7-9H2,1-3H3,(H,15,16). The van der Waals surface area contributed by atoms with Crippen molar-refractivity contribution in [1.82, 2.24) is 20.0 Å². The molecule has 6 nitrogen and oxygen atoms in total. The van der Waals surface area contributed by atoms with Gasteiger partial charge in [-0.1, -0.05) is 13.8 Å². The zero-order valence-electron chi connectivity index (χ0n) is 12.3. The second kappa shape index (κ2) is 6.07. The first kappa shape index (κ1) is 14.6. The van der Waals surface area contributed by atoms with Gasteiger partial charge in [-0.3, -0.25) is 14.7 Å². The molecule has 0 aliphatic carbocycles. The minimum absolute atomic E-state index is 0.0332. The van der Waals surface area contributed by atoms with Crippen molar-refractivity contribution < 1.29 is 9.59 Å². The Morgan fingerprint density at radius 2 is 2.35 bits per heavy atom. The average molecular weight is 278 g/mol. The molecule has 0 aromatic carbocycles. The van der Waals surface area contributed by atoms with Crippen molar-refractivity contribution in [3.05, 3.63) is 18.0 Å². The van der Waals surface area contributed by atoms with E-state index in [2.05, 4.69) is 24.0 Å². The molecule has 1 fully saturated rings. The van der Waals surface area contributed by atoms with E-state index in [0.29, 0.717) is 25.4 Å². The van der Waals surface area contributed by atoms with E-state index >= 15 is 0 Å². The summed E-state index contributed by atoms with van der Waals surface area (Å²) >= 11 is 0. The van der Waals surface area contributed by atoms with Crippen LogP contribution in [0.5, 0.6) is 0 Å². The summed E-state index contributed by atoms with van der Waals surface area (Å²) in [7, 11) is 1.77. The molecule has 1 saturated heterocycles. The molecule has 110 valence electrons. The van der Waals surface area contributed by atoms with E-state index in [4.69, 9.17) is 0 Å². The van der Waals surface area contributed by atoms with Gasteiger partial charge in [-0.15, -0.1) is 0 Å². The van der Waals surface area contributed by atoms with Crippen molar-refractivity contribution >= 4 is 11.8 Å². The lowest BCUT2D eigenvalue weighted by molar-refractivity contribution is -0.135. The fraction of sp³-hybridized carbons (Fsp3) is 0.643. The molecular formula is C14H22N4O2. The summed E-state index contributed by atoms with van der Waals surface area (Å²) in [5.41, 5.74) is 0.962. The maximum Gasteiger partial charge on any atom is 0.228 e. The van der Waals surface area contributed by atoms with Crippen LogP contribution in [0.2, 0.25) is 0 Å². The van der Waals surface area contributed by atoms with Crippen molar-refractivity contribution in [1.29, 1.82) is 0 Å². The van der Waals surface area contributed by atoms with E-state index in [0.717, 1.165) is 12.1 Å². The van der Waals surface area contributed by atoms with Gasteiger partial charge in [0.05, 0.1) is 12.1 Å². The van der Waals surface area contributed by atoms with Crippen LogP contribution in [-0.4, -0.2) is 51.9 Å². The molecule has 1 atom stereocenters. The number of likely N-dealkylation sites (tertiary alicyclic amines) is 1. The molecule has 1 aromatic heterocycles. The number of hydrogen-bond donors (Lipinski definition) is 1. The molecule has 0 saturated carbocycles. The summed E-state index contributed by atoms with van der Waals surface area (Å²) in [6, 6.07) is 0. The molecule has 2 heterocycles. The number of hydrogen-bond acceptors (Lipinski definition) is 3. The summed E-state index contributed by atoms with van der Waals surface area (Å²) in [5.74, 6) is 0.342. The highest BCUT2D eigenvalue weighted by Crippen LogP contribution is 2.21. The molecule has 1 aliphatic rings. The van der Waals surface area contributed by atoms with Gasteiger partial charge in [0.15, 0.2) is 0 Å². The van der Waals surface area contributed by atoms with Crippen molar-refractivity contribution in [3.63, 3.8) is 0 Å². The molecule has 1 unspecified atom stereocenters. The van der Waals surface area contributed by atoms with Crippen LogP contribution < -0.4 is 0 Å². The Balaban J connectivity index is 1.91. The van der Waals surface area contributed by atoms with Gasteiger partial charge in [0.1, 0.15) is 0 Å². The van der Waals surface area contributed by atoms with Gasteiger partial charge < -0.3 is 9.80 Å². The smallest absolute Gasteiger partial charge is 0.228 e. The first-order valence-corrected chi connectivity index (χ1v) is 6.97. The number of nitrogens with one attached hydrogen (secondary N) is 1. The Kier molecular flexibility index (Phi) is 4.42. The summed E-state index contributed by atoms with van der Waals surface area (Å²) in [6.07, 6.45) is 3.81. The van der Waals surface area contributed by atoms with E-state index in [1.54, 1.807) is 29.2 Å². The Bertz CT molecular complexity index is 470. The van der Waals surface area contributed by atoms with E-state index in [-0.39, 0.29) is 17.7 Å². The molecular weight excluding hydrogens is 256 g/mol. The first-order chi connectivity index (χ1) is 9.47. The molecule has 20 heavy (non-hydrogen) atoms. The quantitative estimate of drug-likeness (QED) is 0.869. The molecule has 2 rings (SSSR count). The molecule has 2 amide bonds. The second-order valence-corrected chi connectivity index (χ2v) is 5.89. The monoisotopic (exact) mass is 278 g/mol.